The second-order valence-electron chi connectivity index (χ2n) is 11.2. The highest BCUT2D eigenvalue weighted by Crippen LogP contribution is 2.38. The van der Waals surface area contributed by atoms with Crippen LogP contribution in [0.2, 0.25) is 0 Å². The third kappa shape index (κ3) is 5.12. The molecular formula is C42H29BrN2. The zero-order valence-electron chi connectivity index (χ0n) is 24.5. The number of rotatable bonds is 6. The van der Waals surface area contributed by atoms with Gasteiger partial charge in [0, 0.05) is 38.0 Å². The minimum Gasteiger partial charge on any atom is -0.311 e. The third-order valence-corrected chi connectivity index (χ3v) is 8.99. The molecule has 0 spiro atoms. The van der Waals surface area contributed by atoms with Gasteiger partial charge in [-0.05, 0) is 95.1 Å². The number of para-hydroxylation sites is 3. The number of halogens is 1. The van der Waals surface area contributed by atoms with Crippen LogP contribution in [0, 0.1) is 0 Å². The normalized spacial score (nSPS) is 11.2. The summed E-state index contributed by atoms with van der Waals surface area (Å²) in [5, 5.41) is 2.53. The Morgan fingerprint density at radius 1 is 0.378 bits per heavy atom. The van der Waals surface area contributed by atoms with Gasteiger partial charge in [0.05, 0.1) is 11.0 Å². The lowest BCUT2D eigenvalue weighted by atomic mass is 10.0. The smallest absolute Gasteiger partial charge is 0.0547 e. The minimum atomic E-state index is 1.08. The minimum absolute atomic E-state index is 1.08. The van der Waals surface area contributed by atoms with Crippen LogP contribution in [-0.2, 0) is 0 Å². The number of benzene rings is 7. The van der Waals surface area contributed by atoms with E-state index in [0.29, 0.717) is 0 Å². The first-order valence-electron chi connectivity index (χ1n) is 15.1. The van der Waals surface area contributed by atoms with E-state index in [1.165, 1.54) is 49.7 Å². The summed E-state index contributed by atoms with van der Waals surface area (Å²) in [5.74, 6) is 0. The van der Waals surface area contributed by atoms with Crippen molar-refractivity contribution in [1.29, 1.82) is 0 Å². The molecule has 0 N–H and O–H groups in total. The van der Waals surface area contributed by atoms with Crippen molar-refractivity contribution in [2.24, 2.45) is 0 Å². The molecule has 0 fully saturated rings. The van der Waals surface area contributed by atoms with Crippen LogP contribution in [0.3, 0.4) is 0 Å². The summed E-state index contributed by atoms with van der Waals surface area (Å²) < 4.78 is 3.46. The van der Waals surface area contributed by atoms with Crippen molar-refractivity contribution in [3.05, 3.63) is 180 Å². The third-order valence-electron chi connectivity index (χ3n) is 8.46. The summed E-state index contributed by atoms with van der Waals surface area (Å²) >= 11 is 3.54. The number of aromatic nitrogens is 1. The van der Waals surface area contributed by atoms with Crippen molar-refractivity contribution < 1.29 is 0 Å². The maximum absolute atomic E-state index is 3.54. The van der Waals surface area contributed by atoms with E-state index in [1.807, 2.05) is 0 Å². The second-order valence-corrected chi connectivity index (χ2v) is 12.1. The molecule has 2 nitrogen and oxygen atoms in total. The van der Waals surface area contributed by atoms with Gasteiger partial charge in [-0.15, -0.1) is 0 Å². The van der Waals surface area contributed by atoms with Gasteiger partial charge in [0.2, 0.25) is 0 Å². The molecule has 0 aliphatic carbocycles. The Balaban J connectivity index is 1.18. The molecule has 8 rings (SSSR count). The summed E-state index contributed by atoms with van der Waals surface area (Å²) in [5.41, 5.74) is 11.7. The predicted octanol–water partition coefficient (Wildman–Crippen LogP) is 12.3. The predicted molar refractivity (Wildman–Crippen MR) is 194 cm³/mol. The fourth-order valence-corrected chi connectivity index (χ4v) is 6.54. The maximum atomic E-state index is 3.54. The standard InChI is InChI=1S/C42H29BrN2/c43-34-22-15-30(16-23-34)31-17-24-37(25-18-31)44(35-9-3-1-4-10-35)38-26-19-32(20-27-38)33-21-28-40-39-13-7-8-14-41(39)45(42(40)29-33)36-11-5-2-6-12-36/h1-29H. The van der Waals surface area contributed by atoms with Gasteiger partial charge in [0.25, 0.3) is 0 Å². The number of nitrogens with zero attached hydrogens (tertiary/aromatic N) is 2. The Morgan fingerprint density at radius 2 is 0.844 bits per heavy atom. The molecule has 0 radical (unpaired) electrons. The molecular weight excluding hydrogens is 612 g/mol. The van der Waals surface area contributed by atoms with Crippen LogP contribution in [0.4, 0.5) is 17.1 Å². The largest absolute Gasteiger partial charge is 0.311 e. The Hall–Kier alpha value is -5.38. The molecule has 3 heteroatoms. The number of anilines is 3. The summed E-state index contributed by atoms with van der Waals surface area (Å²) in [6.45, 7) is 0. The van der Waals surface area contributed by atoms with Gasteiger partial charge in [-0.1, -0.05) is 119 Å². The summed E-state index contributed by atoms with van der Waals surface area (Å²) in [6, 6.07) is 62.9. The van der Waals surface area contributed by atoms with Crippen molar-refractivity contribution in [1.82, 2.24) is 4.57 Å². The summed E-state index contributed by atoms with van der Waals surface area (Å²) in [7, 11) is 0. The Kier molecular flexibility index (Phi) is 7.01. The van der Waals surface area contributed by atoms with E-state index in [0.717, 1.165) is 21.5 Å². The van der Waals surface area contributed by atoms with Crippen molar-refractivity contribution in [3.63, 3.8) is 0 Å². The van der Waals surface area contributed by atoms with Gasteiger partial charge in [0.1, 0.15) is 0 Å². The number of fused-ring (bicyclic) bond motifs is 3. The summed E-state index contributed by atoms with van der Waals surface area (Å²) in [6.07, 6.45) is 0. The number of hydrogen-bond donors (Lipinski definition) is 0. The van der Waals surface area contributed by atoms with Crippen LogP contribution in [-0.4, -0.2) is 4.57 Å². The quantitative estimate of drug-likeness (QED) is 0.175. The van der Waals surface area contributed by atoms with Gasteiger partial charge in [-0.3, -0.25) is 0 Å². The first kappa shape index (κ1) is 27.2. The van der Waals surface area contributed by atoms with Crippen molar-refractivity contribution in [3.8, 4) is 27.9 Å². The van der Waals surface area contributed by atoms with Gasteiger partial charge in [0.15, 0.2) is 0 Å². The lowest BCUT2D eigenvalue weighted by Crippen LogP contribution is -2.09. The van der Waals surface area contributed by atoms with Crippen LogP contribution in [0.5, 0.6) is 0 Å². The highest BCUT2D eigenvalue weighted by molar-refractivity contribution is 9.10. The molecule has 0 atom stereocenters. The lowest BCUT2D eigenvalue weighted by Gasteiger charge is -2.26. The van der Waals surface area contributed by atoms with Crippen LogP contribution < -0.4 is 4.90 Å². The topological polar surface area (TPSA) is 8.17 Å². The van der Waals surface area contributed by atoms with E-state index in [9.17, 15) is 0 Å². The SMILES string of the molecule is Brc1ccc(-c2ccc(N(c3ccccc3)c3ccc(-c4ccc5c6ccccc6n(-c6ccccc6)c5c4)cc3)cc2)cc1. The molecule has 8 aromatic rings. The van der Waals surface area contributed by atoms with E-state index in [1.54, 1.807) is 0 Å². The molecule has 0 saturated heterocycles. The van der Waals surface area contributed by atoms with E-state index >= 15 is 0 Å². The second kappa shape index (κ2) is 11.6. The Labute approximate surface area is 271 Å². The fourth-order valence-electron chi connectivity index (χ4n) is 6.28. The van der Waals surface area contributed by atoms with E-state index in [4.69, 9.17) is 0 Å². The first-order chi connectivity index (χ1) is 22.2. The van der Waals surface area contributed by atoms with Crippen LogP contribution in [0.1, 0.15) is 0 Å². The zero-order chi connectivity index (χ0) is 30.2. The monoisotopic (exact) mass is 640 g/mol. The van der Waals surface area contributed by atoms with Crippen LogP contribution in [0.25, 0.3) is 49.7 Å². The molecule has 0 bridgehead atoms. The highest BCUT2D eigenvalue weighted by atomic mass is 79.9. The van der Waals surface area contributed by atoms with Crippen LogP contribution >= 0.6 is 15.9 Å². The van der Waals surface area contributed by atoms with E-state index in [2.05, 4.69) is 201 Å². The van der Waals surface area contributed by atoms with Crippen molar-refractivity contribution in [2.45, 2.75) is 0 Å². The van der Waals surface area contributed by atoms with Gasteiger partial charge < -0.3 is 9.47 Å². The molecule has 214 valence electrons. The van der Waals surface area contributed by atoms with Gasteiger partial charge >= 0.3 is 0 Å². The highest BCUT2D eigenvalue weighted by Gasteiger charge is 2.15. The maximum Gasteiger partial charge on any atom is 0.0547 e. The molecule has 0 unspecified atom stereocenters. The van der Waals surface area contributed by atoms with E-state index < -0.39 is 0 Å². The average molecular weight is 642 g/mol. The molecule has 0 aliphatic heterocycles. The molecule has 0 aliphatic rings. The van der Waals surface area contributed by atoms with Crippen LogP contribution in [0.15, 0.2) is 180 Å². The molecule has 45 heavy (non-hydrogen) atoms. The van der Waals surface area contributed by atoms with E-state index in [-0.39, 0.29) is 0 Å². The number of hydrogen-bond acceptors (Lipinski definition) is 1. The van der Waals surface area contributed by atoms with Gasteiger partial charge in [-0.2, -0.15) is 0 Å². The molecule has 1 heterocycles. The average Bonchev–Trinajstić information content (AvgIpc) is 3.44. The molecule has 0 saturated carbocycles. The van der Waals surface area contributed by atoms with Gasteiger partial charge in [-0.25, -0.2) is 0 Å². The Morgan fingerprint density at radius 3 is 1.49 bits per heavy atom. The lowest BCUT2D eigenvalue weighted by molar-refractivity contribution is 1.18. The van der Waals surface area contributed by atoms with Crippen molar-refractivity contribution in [2.75, 3.05) is 4.90 Å². The summed E-state index contributed by atoms with van der Waals surface area (Å²) in [4.78, 5) is 2.31. The fraction of sp³-hybridized carbons (Fsp3) is 0. The molecule has 1 aromatic heterocycles. The van der Waals surface area contributed by atoms with Crippen molar-refractivity contribution >= 4 is 54.8 Å². The Bertz CT molecular complexity index is 2230. The first-order valence-corrected chi connectivity index (χ1v) is 15.9. The zero-order valence-corrected chi connectivity index (χ0v) is 26.1. The molecule has 0 amide bonds. The molecule has 7 aromatic carbocycles.